The molecule has 0 spiro atoms. The SMILES string of the molecule is Cc1csc2c(N(CCN)CC(C)C)ncnc12. The number of anilines is 1. The van der Waals surface area contributed by atoms with Gasteiger partial charge < -0.3 is 10.6 Å². The summed E-state index contributed by atoms with van der Waals surface area (Å²) in [6.07, 6.45) is 1.65. The van der Waals surface area contributed by atoms with Gasteiger partial charge in [0.25, 0.3) is 0 Å². The summed E-state index contributed by atoms with van der Waals surface area (Å²) in [5.41, 5.74) is 7.99. The van der Waals surface area contributed by atoms with Crippen LogP contribution in [0.4, 0.5) is 5.82 Å². The molecule has 0 saturated heterocycles. The topological polar surface area (TPSA) is 55.0 Å². The Bertz CT molecular complexity index is 521. The second-order valence-corrected chi connectivity index (χ2v) is 5.80. The number of hydrogen-bond acceptors (Lipinski definition) is 5. The second-order valence-electron chi connectivity index (χ2n) is 4.92. The molecule has 18 heavy (non-hydrogen) atoms. The molecular weight excluding hydrogens is 244 g/mol. The van der Waals surface area contributed by atoms with Crippen LogP contribution in [0.1, 0.15) is 19.4 Å². The molecule has 0 aliphatic rings. The molecule has 0 atom stereocenters. The van der Waals surface area contributed by atoms with Gasteiger partial charge in [-0.25, -0.2) is 9.97 Å². The van der Waals surface area contributed by atoms with E-state index in [-0.39, 0.29) is 0 Å². The molecule has 2 N–H and O–H groups in total. The fourth-order valence-corrected chi connectivity index (χ4v) is 3.08. The summed E-state index contributed by atoms with van der Waals surface area (Å²) < 4.78 is 1.17. The molecule has 98 valence electrons. The van der Waals surface area contributed by atoms with E-state index >= 15 is 0 Å². The van der Waals surface area contributed by atoms with Gasteiger partial charge in [-0.15, -0.1) is 11.3 Å². The van der Waals surface area contributed by atoms with Gasteiger partial charge >= 0.3 is 0 Å². The van der Waals surface area contributed by atoms with Crippen LogP contribution in [0.15, 0.2) is 11.7 Å². The number of thiophene rings is 1. The molecule has 5 heteroatoms. The fourth-order valence-electron chi connectivity index (χ4n) is 2.06. The molecule has 4 nitrogen and oxygen atoms in total. The molecule has 0 aliphatic heterocycles. The first kappa shape index (κ1) is 13.2. The summed E-state index contributed by atoms with van der Waals surface area (Å²) >= 11 is 1.71. The van der Waals surface area contributed by atoms with E-state index in [4.69, 9.17) is 5.73 Å². The maximum atomic E-state index is 5.71. The molecular formula is C13H20N4S. The molecule has 2 aromatic heterocycles. The monoisotopic (exact) mass is 264 g/mol. The average Bonchev–Trinajstić information content (AvgIpc) is 2.70. The lowest BCUT2D eigenvalue weighted by molar-refractivity contribution is 0.608. The first-order valence-corrected chi connectivity index (χ1v) is 7.15. The predicted octanol–water partition coefficient (Wildman–Crippen LogP) is 2.42. The normalized spacial score (nSPS) is 11.4. The molecule has 0 radical (unpaired) electrons. The molecule has 0 unspecified atom stereocenters. The predicted molar refractivity (Wildman–Crippen MR) is 78.3 cm³/mol. The van der Waals surface area contributed by atoms with Gasteiger partial charge in [0.15, 0.2) is 0 Å². The molecule has 0 bridgehead atoms. The summed E-state index contributed by atoms with van der Waals surface area (Å²) in [6.45, 7) is 8.96. The van der Waals surface area contributed by atoms with Crippen molar-refractivity contribution in [1.29, 1.82) is 0 Å². The zero-order chi connectivity index (χ0) is 13.1. The lowest BCUT2D eigenvalue weighted by Gasteiger charge is -2.25. The lowest BCUT2D eigenvalue weighted by atomic mass is 10.2. The Morgan fingerprint density at radius 1 is 1.39 bits per heavy atom. The molecule has 0 aromatic carbocycles. The van der Waals surface area contributed by atoms with Crippen molar-refractivity contribution >= 4 is 27.4 Å². The van der Waals surface area contributed by atoms with E-state index in [1.165, 1.54) is 10.3 Å². The fraction of sp³-hybridized carbons (Fsp3) is 0.538. The highest BCUT2D eigenvalue weighted by Gasteiger charge is 2.15. The smallest absolute Gasteiger partial charge is 0.150 e. The van der Waals surface area contributed by atoms with Crippen LogP contribution in [0.3, 0.4) is 0 Å². The Kier molecular flexibility index (Phi) is 4.14. The largest absolute Gasteiger partial charge is 0.354 e. The van der Waals surface area contributed by atoms with E-state index in [9.17, 15) is 0 Å². The van der Waals surface area contributed by atoms with E-state index in [0.717, 1.165) is 24.4 Å². The van der Waals surface area contributed by atoms with Gasteiger partial charge in [-0.2, -0.15) is 0 Å². The maximum absolute atomic E-state index is 5.71. The molecule has 0 aliphatic carbocycles. The number of aromatic nitrogens is 2. The van der Waals surface area contributed by atoms with Crippen molar-refractivity contribution in [2.45, 2.75) is 20.8 Å². The first-order valence-electron chi connectivity index (χ1n) is 6.27. The summed E-state index contributed by atoms with van der Waals surface area (Å²) in [5.74, 6) is 1.61. The van der Waals surface area contributed by atoms with Gasteiger partial charge in [0, 0.05) is 19.6 Å². The average molecular weight is 264 g/mol. The maximum Gasteiger partial charge on any atom is 0.150 e. The summed E-state index contributed by atoms with van der Waals surface area (Å²) in [4.78, 5) is 11.1. The van der Waals surface area contributed by atoms with Crippen LogP contribution in [0, 0.1) is 12.8 Å². The third kappa shape index (κ3) is 2.62. The number of nitrogens with zero attached hydrogens (tertiary/aromatic N) is 3. The van der Waals surface area contributed by atoms with Gasteiger partial charge in [0.2, 0.25) is 0 Å². The molecule has 2 aromatic rings. The van der Waals surface area contributed by atoms with Crippen LogP contribution >= 0.6 is 11.3 Å². The third-order valence-corrected chi connectivity index (χ3v) is 3.88. The summed E-state index contributed by atoms with van der Waals surface area (Å²) in [7, 11) is 0. The van der Waals surface area contributed by atoms with E-state index in [0.29, 0.717) is 12.5 Å². The number of fused-ring (bicyclic) bond motifs is 1. The quantitative estimate of drug-likeness (QED) is 0.901. The van der Waals surface area contributed by atoms with Crippen molar-refractivity contribution in [2.75, 3.05) is 24.5 Å². The van der Waals surface area contributed by atoms with Crippen LogP contribution < -0.4 is 10.6 Å². The lowest BCUT2D eigenvalue weighted by Crippen LogP contribution is -2.33. The minimum atomic E-state index is 0.586. The van der Waals surface area contributed by atoms with Crippen LogP contribution in [0.5, 0.6) is 0 Å². The van der Waals surface area contributed by atoms with E-state index in [1.807, 2.05) is 0 Å². The van der Waals surface area contributed by atoms with Crippen molar-refractivity contribution in [3.63, 3.8) is 0 Å². The van der Waals surface area contributed by atoms with Crippen molar-refractivity contribution in [2.24, 2.45) is 11.7 Å². The zero-order valence-corrected chi connectivity index (χ0v) is 12.0. The minimum absolute atomic E-state index is 0.586. The molecule has 0 fully saturated rings. The van der Waals surface area contributed by atoms with Crippen LogP contribution in [0.2, 0.25) is 0 Å². The first-order chi connectivity index (χ1) is 8.63. The summed E-state index contributed by atoms with van der Waals surface area (Å²) in [5, 5.41) is 2.14. The Labute approximate surface area is 112 Å². The van der Waals surface area contributed by atoms with Gasteiger partial charge in [-0.1, -0.05) is 13.8 Å². The molecule has 2 rings (SSSR count). The van der Waals surface area contributed by atoms with Crippen molar-refractivity contribution in [3.8, 4) is 0 Å². The number of nitrogens with two attached hydrogens (primary N) is 1. The molecule has 0 saturated carbocycles. The minimum Gasteiger partial charge on any atom is -0.354 e. The third-order valence-electron chi connectivity index (χ3n) is 2.80. The standard InChI is InChI=1S/C13H20N4S/c1-9(2)6-17(5-4-14)13-12-11(15-8-16-13)10(3)7-18-12/h7-9H,4-6,14H2,1-3H3. The zero-order valence-electron chi connectivity index (χ0n) is 11.2. The van der Waals surface area contributed by atoms with Gasteiger partial charge in [0.1, 0.15) is 12.1 Å². The Morgan fingerprint density at radius 2 is 2.17 bits per heavy atom. The Balaban J connectivity index is 2.43. The van der Waals surface area contributed by atoms with Crippen LogP contribution in [0.25, 0.3) is 10.2 Å². The summed E-state index contributed by atoms with van der Waals surface area (Å²) in [6, 6.07) is 0. The van der Waals surface area contributed by atoms with E-state index < -0.39 is 0 Å². The molecule has 2 heterocycles. The highest BCUT2D eigenvalue weighted by molar-refractivity contribution is 7.18. The van der Waals surface area contributed by atoms with Gasteiger partial charge in [-0.05, 0) is 23.8 Å². The van der Waals surface area contributed by atoms with Gasteiger partial charge in [-0.3, -0.25) is 0 Å². The van der Waals surface area contributed by atoms with Crippen LogP contribution in [-0.4, -0.2) is 29.6 Å². The number of hydrogen-bond donors (Lipinski definition) is 1. The number of aryl methyl sites for hydroxylation is 1. The highest BCUT2D eigenvalue weighted by Crippen LogP contribution is 2.30. The van der Waals surface area contributed by atoms with E-state index in [1.54, 1.807) is 17.7 Å². The van der Waals surface area contributed by atoms with Gasteiger partial charge in [0.05, 0.1) is 10.2 Å². The number of rotatable bonds is 5. The van der Waals surface area contributed by atoms with Crippen LogP contribution in [-0.2, 0) is 0 Å². The van der Waals surface area contributed by atoms with Crippen molar-refractivity contribution in [3.05, 3.63) is 17.3 Å². The van der Waals surface area contributed by atoms with Crippen molar-refractivity contribution < 1.29 is 0 Å². The highest BCUT2D eigenvalue weighted by atomic mass is 32.1. The Morgan fingerprint density at radius 3 is 2.83 bits per heavy atom. The second kappa shape index (κ2) is 5.63. The Hall–Kier alpha value is -1.20. The molecule has 0 amide bonds. The van der Waals surface area contributed by atoms with E-state index in [2.05, 4.69) is 41.0 Å². The van der Waals surface area contributed by atoms with Crippen molar-refractivity contribution in [1.82, 2.24) is 9.97 Å².